The van der Waals surface area contributed by atoms with E-state index in [4.69, 9.17) is 5.26 Å². The van der Waals surface area contributed by atoms with Crippen LogP contribution in [0.25, 0.3) is 0 Å². The van der Waals surface area contributed by atoms with E-state index in [0.29, 0.717) is 17.2 Å². The lowest BCUT2D eigenvalue weighted by atomic mass is 10.1. The number of rotatable bonds is 5. The Morgan fingerprint density at radius 3 is 2.65 bits per heavy atom. The van der Waals surface area contributed by atoms with Crippen molar-refractivity contribution in [2.75, 3.05) is 11.9 Å². The minimum Gasteiger partial charge on any atom is -0.322 e. The largest absolute Gasteiger partial charge is 0.322 e. The fraction of sp³-hybridized carbons (Fsp3) is 0.364. The first-order valence-electron chi connectivity index (χ1n) is 9.28. The third-order valence-corrected chi connectivity index (χ3v) is 5.16. The van der Waals surface area contributed by atoms with Gasteiger partial charge in [-0.1, -0.05) is 19.1 Å². The van der Waals surface area contributed by atoms with Gasteiger partial charge in [-0.25, -0.2) is 0 Å². The van der Waals surface area contributed by atoms with E-state index in [-0.39, 0.29) is 5.91 Å². The highest BCUT2D eigenvalue weighted by molar-refractivity contribution is 6.04. The van der Waals surface area contributed by atoms with Crippen LogP contribution in [0.3, 0.4) is 0 Å². The molecule has 1 heterocycles. The summed E-state index contributed by atoms with van der Waals surface area (Å²) in [6, 6.07) is 16.0. The van der Waals surface area contributed by atoms with Crippen LogP contribution in [-0.2, 0) is 13.0 Å². The molecule has 1 saturated heterocycles. The minimum atomic E-state index is -0.120. The summed E-state index contributed by atoms with van der Waals surface area (Å²) in [6.45, 7) is 6.39. The van der Waals surface area contributed by atoms with E-state index in [9.17, 15) is 4.79 Å². The topological polar surface area (TPSA) is 56.1 Å². The van der Waals surface area contributed by atoms with Crippen LogP contribution in [0.1, 0.15) is 53.7 Å². The van der Waals surface area contributed by atoms with Crippen molar-refractivity contribution in [3.63, 3.8) is 0 Å². The van der Waals surface area contributed by atoms with Crippen LogP contribution in [0, 0.1) is 11.3 Å². The number of carbonyl (C=O) groups excluding carboxylic acids is 1. The van der Waals surface area contributed by atoms with Crippen molar-refractivity contribution < 1.29 is 4.79 Å². The van der Waals surface area contributed by atoms with Crippen molar-refractivity contribution in [2.45, 2.75) is 45.7 Å². The van der Waals surface area contributed by atoms with Crippen LogP contribution < -0.4 is 5.32 Å². The molecule has 0 spiro atoms. The molecule has 2 aromatic carbocycles. The molecule has 0 aromatic heterocycles. The summed E-state index contributed by atoms with van der Waals surface area (Å²) in [7, 11) is 0. The number of hydrogen-bond acceptors (Lipinski definition) is 3. The molecule has 0 saturated carbocycles. The summed E-state index contributed by atoms with van der Waals surface area (Å²) < 4.78 is 0. The van der Waals surface area contributed by atoms with E-state index in [1.54, 1.807) is 12.1 Å². The van der Waals surface area contributed by atoms with E-state index in [0.717, 1.165) is 30.8 Å². The van der Waals surface area contributed by atoms with Gasteiger partial charge in [0.2, 0.25) is 0 Å². The number of nitriles is 1. The number of aryl methyl sites for hydroxylation is 1. The van der Waals surface area contributed by atoms with Gasteiger partial charge < -0.3 is 5.32 Å². The highest BCUT2D eigenvalue weighted by atomic mass is 16.1. The van der Waals surface area contributed by atoms with Crippen LogP contribution in [-0.4, -0.2) is 23.4 Å². The van der Waals surface area contributed by atoms with Crippen molar-refractivity contribution in [3.05, 3.63) is 64.7 Å². The smallest absolute Gasteiger partial charge is 0.255 e. The Morgan fingerprint density at radius 1 is 1.27 bits per heavy atom. The quantitative estimate of drug-likeness (QED) is 0.874. The van der Waals surface area contributed by atoms with Crippen LogP contribution in [0.5, 0.6) is 0 Å². The number of amides is 1. The molecule has 1 atom stereocenters. The first-order valence-corrected chi connectivity index (χ1v) is 9.28. The van der Waals surface area contributed by atoms with Crippen LogP contribution >= 0.6 is 0 Å². The number of nitrogens with one attached hydrogen (secondary N) is 1. The summed E-state index contributed by atoms with van der Waals surface area (Å²) >= 11 is 0. The third kappa shape index (κ3) is 4.12. The molecule has 0 bridgehead atoms. The molecule has 1 N–H and O–H groups in total. The Hall–Kier alpha value is -2.64. The lowest BCUT2D eigenvalue weighted by Crippen LogP contribution is -2.26. The SMILES string of the molecule is CCc1cc(C#N)ccc1NC(=O)c1ccc(CN2CCCC2C)cc1. The molecule has 1 amide bonds. The van der Waals surface area contributed by atoms with Gasteiger partial charge in [0.05, 0.1) is 11.6 Å². The highest BCUT2D eigenvalue weighted by Crippen LogP contribution is 2.21. The molecule has 0 radical (unpaired) electrons. The Morgan fingerprint density at radius 2 is 2.04 bits per heavy atom. The number of benzene rings is 2. The molecule has 0 aliphatic carbocycles. The van der Waals surface area contributed by atoms with Gasteiger partial charge in [0.1, 0.15) is 0 Å². The molecule has 1 fully saturated rings. The number of anilines is 1. The second-order valence-corrected chi connectivity index (χ2v) is 6.95. The van der Waals surface area contributed by atoms with Crippen molar-refractivity contribution in [2.24, 2.45) is 0 Å². The Balaban J connectivity index is 1.68. The highest BCUT2D eigenvalue weighted by Gasteiger charge is 2.20. The molecular formula is C22H25N3O. The van der Waals surface area contributed by atoms with E-state index in [1.807, 2.05) is 37.3 Å². The van der Waals surface area contributed by atoms with E-state index in [1.165, 1.54) is 18.4 Å². The van der Waals surface area contributed by atoms with Gasteiger partial charge >= 0.3 is 0 Å². The van der Waals surface area contributed by atoms with E-state index >= 15 is 0 Å². The lowest BCUT2D eigenvalue weighted by molar-refractivity contribution is 0.102. The summed E-state index contributed by atoms with van der Waals surface area (Å²) in [5, 5.41) is 12.0. The van der Waals surface area contributed by atoms with Crippen LogP contribution in [0.4, 0.5) is 5.69 Å². The van der Waals surface area contributed by atoms with Gasteiger partial charge in [-0.3, -0.25) is 9.69 Å². The number of hydrogen-bond donors (Lipinski definition) is 1. The zero-order valence-electron chi connectivity index (χ0n) is 15.5. The lowest BCUT2D eigenvalue weighted by Gasteiger charge is -2.21. The van der Waals surface area contributed by atoms with Crippen molar-refractivity contribution in [1.82, 2.24) is 4.90 Å². The average molecular weight is 347 g/mol. The summed E-state index contributed by atoms with van der Waals surface area (Å²) in [4.78, 5) is 15.0. The molecule has 4 heteroatoms. The Labute approximate surface area is 155 Å². The third-order valence-electron chi connectivity index (χ3n) is 5.16. The maximum atomic E-state index is 12.6. The first kappa shape index (κ1) is 18.2. The van der Waals surface area contributed by atoms with Crippen molar-refractivity contribution in [3.8, 4) is 6.07 Å². The molecule has 4 nitrogen and oxygen atoms in total. The number of carbonyl (C=O) groups is 1. The predicted molar refractivity (Wildman–Crippen MR) is 104 cm³/mol. The number of nitrogens with zero attached hydrogens (tertiary/aromatic N) is 2. The maximum Gasteiger partial charge on any atom is 0.255 e. The number of likely N-dealkylation sites (tertiary alicyclic amines) is 1. The molecule has 1 aliphatic rings. The zero-order valence-corrected chi connectivity index (χ0v) is 15.5. The van der Waals surface area contributed by atoms with Gasteiger partial charge in [-0.15, -0.1) is 0 Å². The minimum absolute atomic E-state index is 0.120. The fourth-order valence-corrected chi connectivity index (χ4v) is 3.50. The summed E-state index contributed by atoms with van der Waals surface area (Å²) in [5.41, 5.74) is 4.24. The second-order valence-electron chi connectivity index (χ2n) is 6.95. The van der Waals surface area contributed by atoms with Gasteiger partial charge in [0.15, 0.2) is 0 Å². The molecule has 134 valence electrons. The molecule has 2 aromatic rings. The first-order chi connectivity index (χ1) is 12.6. The predicted octanol–water partition coefficient (Wildman–Crippen LogP) is 4.36. The van der Waals surface area contributed by atoms with Gasteiger partial charge in [0.25, 0.3) is 5.91 Å². The van der Waals surface area contributed by atoms with Gasteiger partial charge in [-0.05, 0) is 74.2 Å². The van der Waals surface area contributed by atoms with Crippen molar-refractivity contribution in [1.29, 1.82) is 5.26 Å². The van der Waals surface area contributed by atoms with Gasteiger partial charge in [0, 0.05) is 23.8 Å². The summed E-state index contributed by atoms with van der Waals surface area (Å²) in [5.74, 6) is -0.120. The average Bonchev–Trinajstić information content (AvgIpc) is 3.07. The molecule has 1 aliphatic heterocycles. The van der Waals surface area contributed by atoms with Gasteiger partial charge in [-0.2, -0.15) is 5.26 Å². The maximum absolute atomic E-state index is 12.6. The van der Waals surface area contributed by atoms with E-state index in [2.05, 4.69) is 23.2 Å². The van der Waals surface area contributed by atoms with Crippen molar-refractivity contribution >= 4 is 11.6 Å². The Kier molecular flexibility index (Phi) is 5.70. The second kappa shape index (κ2) is 8.16. The molecular weight excluding hydrogens is 322 g/mol. The molecule has 26 heavy (non-hydrogen) atoms. The van der Waals surface area contributed by atoms with Crippen LogP contribution in [0.2, 0.25) is 0 Å². The van der Waals surface area contributed by atoms with E-state index < -0.39 is 0 Å². The normalized spacial score (nSPS) is 17.0. The van der Waals surface area contributed by atoms with Crippen LogP contribution in [0.15, 0.2) is 42.5 Å². The summed E-state index contributed by atoms with van der Waals surface area (Å²) in [6.07, 6.45) is 3.30. The molecule has 3 rings (SSSR count). The zero-order chi connectivity index (χ0) is 18.5. The fourth-order valence-electron chi connectivity index (χ4n) is 3.50. The standard InChI is InChI=1S/C22H25N3O/c1-3-19-13-18(14-23)8-11-21(19)24-22(26)20-9-6-17(7-10-20)15-25-12-4-5-16(25)2/h6-11,13,16H,3-5,12,15H2,1-2H3,(H,24,26). The molecule has 1 unspecified atom stereocenters. The monoisotopic (exact) mass is 347 g/mol. The Bertz CT molecular complexity index is 820.